The highest BCUT2D eigenvalue weighted by Crippen LogP contribution is 2.22. The Morgan fingerprint density at radius 2 is 1.41 bits per heavy atom. The van der Waals surface area contributed by atoms with Gasteiger partial charge in [-0.05, 0) is 12.1 Å². The average molecular weight is 391 g/mol. The number of ether oxygens (including phenoxy) is 1. The molecule has 146 valence electrons. The van der Waals surface area contributed by atoms with Crippen molar-refractivity contribution in [1.29, 1.82) is 0 Å². The smallest absolute Gasteiger partial charge is 0.326 e. The fourth-order valence-electron chi connectivity index (χ4n) is 2.72. The molecule has 0 aliphatic carbocycles. The highest BCUT2D eigenvalue weighted by molar-refractivity contribution is 6.01. The summed E-state index contributed by atoms with van der Waals surface area (Å²) in [7, 11) is 0. The number of hydrogen-bond acceptors (Lipinski definition) is 4. The Morgan fingerprint density at radius 1 is 0.828 bits per heavy atom. The Morgan fingerprint density at radius 3 is 2.07 bits per heavy atom. The number of esters is 1. The van der Waals surface area contributed by atoms with Gasteiger partial charge in [-0.2, -0.15) is 0 Å². The van der Waals surface area contributed by atoms with E-state index in [9.17, 15) is 18.8 Å². The van der Waals surface area contributed by atoms with Crippen molar-refractivity contribution in [3.63, 3.8) is 0 Å². The zero-order valence-corrected chi connectivity index (χ0v) is 15.4. The lowest BCUT2D eigenvalue weighted by molar-refractivity contribution is -0.146. The number of nitrogens with one attached hydrogen (secondary N) is 1. The molecule has 6 heteroatoms. The van der Waals surface area contributed by atoms with Crippen molar-refractivity contribution >= 4 is 17.7 Å². The van der Waals surface area contributed by atoms with Crippen LogP contribution in [-0.4, -0.2) is 24.2 Å². The van der Waals surface area contributed by atoms with E-state index in [4.69, 9.17) is 4.74 Å². The molecule has 3 aromatic carbocycles. The normalized spacial score (nSPS) is 11.3. The van der Waals surface area contributed by atoms with Crippen LogP contribution in [0.3, 0.4) is 0 Å². The Hall–Kier alpha value is -3.80. The lowest BCUT2D eigenvalue weighted by Gasteiger charge is -2.17. The highest BCUT2D eigenvalue weighted by Gasteiger charge is 2.26. The van der Waals surface area contributed by atoms with Crippen LogP contribution in [0, 0.1) is 5.82 Å². The molecule has 0 heterocycles. The van der Waals surface area contributed by atoms with E-state index in [1.807, 2.05) is 0 Å². The Bertz CT molecular complexity index is 1010. The lowest BCUT2D eigenvalue weighted by Crippen LogP contribution is -2.33. The van der Waals surface area contributed by atoms with Crippen molar-refractivity contribution in [2.45, 2.75) is 6.10 Å². The molecule has 3 rings (SSSR count). The molecule has 1 amide bonds. The van der Waals surface area contributed by atoms with Crippen LogP contribution in [0.15, 0.2) is 84.9 Å². The van der Waals surface area contributed by atoms with Gasteiger partial charge in [0.05, 0.1) is 5.56 Å². The summed E-state index contributed by atoms with van der Waals surface area (Å²) < 4.78 is 19.0. The minimum Gasteiger partial charge on any atom is -0.448 e. The molecule has 1 atom stereocenters. The highest BCUT2D eigenvalue weighted by atomic mass is 19.1. The fraction of sp³-hybridized carbons (Fsp3) is 0.0870. The first kappa shape index (κ1) is 19.9. The van der Waals surface area contributed by atoms with Crippen molar-refractivity contribution in [1.82, 2.24) is 5.32 Å². The number of carbonyl (C=O) groups is 3. The van der Waals surface area contributed by atoms with Crippen LogP contribution in [0.5, 0.6) is 0 Å². The molecule has 0 bridgehead atoms. The Balaban J connectivity index is 1.71. The second kappa shape index (κ2) is 9.41. The number of hydrogen-bond donors (Lipinski definition) is 1. The van der Waals surface area contributed by atoms with Gasteiger partial charge in [0.2, 0.25) is 5.78 Å². The minimum atomic E-state index is -1.16. The molecule has 0 saturated heterocycles. The molecule has 0 spiro atoms. The summed E-state index contributed by atoms with van der Waals surface area (Å²) in [4.78, 5) is 37.2. The number of benzene rings is 3. The summed E-state index contributed by atoms with van der Waals surface area (Å²) in [6.07, 6.45) is -1.16. The summed E-state index contributed by atoms with van der Waals surface area (Å²) >= 11 is 0. The average Bonchev–Trinajstić information content (AvgIpc) is 2.77. The van der Waals surface area contributed by atoms with Gasteiger partial charge in [0.15, 0.2) is 6.10 Å². The molecule has 0 fully saturated rings. The topological polar surface area (TPSA) is 72.5 Å². The number of rotatable bonds is 7. The second-order valence-corrected chi connectivity index (χ2v) is 6.17. The molecule has 0 saturated carbocycles. The predicted molar refractivity (Wildman–Crippen MR) is 105 cm³/mol. The third-order valence-corrected chi connectivity index (χ3v) is 4.16. The van der Waals surface area contributed by atoms with E-state index in [2.05, 4.69) is 5.32 Å². The van der Waals surface area contributed by atoms with Crippen molar-refractivity contribution in [2.75, 3.05) is 6.54 Å². The molecule has 0 radical (unpaired) electrons. The van der Waals surface area contributed by atoms with Crippen LogP contribution in [-0.2, 0) is 9.53 Å². The summed E-state index contributed by atoms with van der Waals surface area (Å²) in [5.74, 6) is -2.64. The number of amides is 1. The van der Waals surface area contributed by atoms with E-state index in [-0.39, 0.29) is 11.3 Å². The van der Waals surface area contributed by atoms with Gasteiger partial charge >= 0.3 is 5.97 Å². The molecular formula is C23H18FNO4. The van der Waals surface area contributed by atoms with Gasteiger partial charge in [0.25, 0.3) is 5.91 Å². The molecule has 0 aliphatic heterocycles. The van der Waals surface area contributed by atoms with Crippen LogP contribution in [0.1, 0.15) is 32.4 Å². The molecule has 0 unspecified atom stereocenters. The van der Waals surface area contributed by atoms with Gasteiger partial charge in [-0.3, -0.25) is 14.4 Å². The van der Waals surface area contributed by atoms with E-state index in [0.29, 0.717) is 11.1 Å². The van der Waals surface area contributed by atoms with Crippen LogP contribution >= 0.6 is 0 Å². The van der Waals surface area contributed by atoms with Crippen molar-refractivity contribution in [2.24, 2.45) is 0 Å². The first-order valence-electron chi connectivity index (χ1n) is 8.92. The van der Waals surface area contributed by atoms with Gasteiger partial charge in [-0.25, -0.2) is 4.39 Å². The summed E-state index contributed by atoms with van der Waals surface area (Å²) in [5.41, 5.74) is 0.722. The maximum Gasteiger partial charge on any atom is 0.326 e. The molecule has 5 nitrogen and oxygen atoms in total. The molecular weight excluding hydrogens is 373 g/mol. The molecule has 0 aliphatic rings. The summed E-state index contributed by atoms with van der Waals surface area (Å²) in [5, 5.41) is 2.31. The molecule has 29 heavy (non-hydrogen) atoms. The molecule has 0 aromatic heterocycles. The summed E-state index contributed by atoms with van der Waals surface area (Å²) in [6.45, 7) is -0.501. The van der Waals surface area contributed by atoms with Crippen LogP contribution in [0.2, 0.25) is 0 Å². The molecule has 3 aromatic rings. The SMILES string of the molecule is O=C(CNC(=O)c1ccccc1F)O[C@@H](C(=O)c1ccccc1)c1ccccc1. The third-order valence-electron chi connectivity index (χ3n) is 4.16. The van der Waals surface area contributed by atoms with Gasteiger partial charge in [0, 0.05) is 11.1 Å². The summed E-state index contributed by atoms with van der Waals surface area (Å²) in [6, 6.07) is 22.5. The number of carbonyl (C=O) groups excluding carboxylic acids is 3. The monoisotopic (exact) mass is 391 g/mol. The van der Waals surface area contributed by atoms with E-state index in [0.717, 1.165) is 6.07 Å². The van der Waals surface area contributed by atoms with Gasteiger partial charge in [-0.15, -0.1) is 0 Å². The largest absolute Gasteiger partial charge is 0.448 e. The fourth-order valence-corrected chi connectivity index (χ4v) is 2.72. The Labute approximate surface area is 167 Å². The second-order valence-electron chi connectivity index (χ2n) is 6.17. The van der Waals surface area contributed by atoms with Crippen molar-refractivity contribution in [3.8, 4) is 0 Å². The van der Waals surface area contributed by atoms with E-state index in [1.54, 1.807) is 60.7 Å². The lowest BCUT2D eigenvalue weighted by atomic mass is 10.00. The number of Topliss-reactive ketones (excluding diaryl/α,β-unsaturated/α-hetero) is 1. The predicted octanol–water partition coefficient (Wildman–Crippen LogP) is 3.72. The van der Waals surface area contributed by atoms with E-state index < -0.39 is 30.3 Å². The quantitative estimate of drug-likeness (QED) is 0.492. The van der Waals surface area contributed by atoms with Crippen molar-refractivity contribution < 1.29 is 23.5 Å². The molecule has 1 N–H and O–H groups in total. The number of halogens is 1. The Kier molecular flexibility index (Phi) is 6.47. The third kappa shape index (κ3) is 5.13. The van der Waals surface area contributed by atoms with Crippen LogP contribution < -0.4 is 5.32 Å². The number of ketones is 1. The standard InChI is InChI=1S/C23H18FNO4/c24-19-14-8-7-13-18(19)23(28)25-15-20(26)29-22(17-11-5-2-6-12-17)21(27)16-9-3-1-4-10-16/h1-14,22H,15H2,(H,25,28)/t22-/m1/s1. The van der Waals surface area contributed by atoms with Gasteiger partial charge in [0.1, 0.15) is 12.4 Å². The first-order valence-corrected chi connectivity index (χ1v) is 8.92. The maximum atomic E-state index is 13.7. The van der Waals surface area contributed by atoms with E-state index in [1.165, 1.54) is 18.2 Å². The van der Waals surface area contributed by atoms with Crippen LogP contribution in [0.4, 0.5) is 4.39 Å². The first-order chi connectivity index (χ1) is 14.1. The maximum absolute atomic E-state index is 13.7. The van der Waals surface area contributed by atoms with Gasteiger partial charge < -0.3 is 10.1 Å². The zero-order chi connectivity index (χ0) is 20.6. The van der Waals surface area contributed by atoms with Crippen LogP contribution in [0.25, 0.3) is 0 Å². The van der Waals surface area contributed by atoms with E-state index >= 15 is 0 Å². The zero-order valence-electron chi connectivity index (χ0n) is 15.4. The van der Waals surface area contributed by atoms with Crippen molar-refractivity contribution in [3.05, 3.63) is 107 Å². The minimum absolute atomic E-state index is 0.180. The van der Waals surface area contributed by atoms with Gasteiger partial charge in [-0.1, -0.05) is 72.8 Å².